The van der Waals surface area contributed by atoms with E-state index in [9.17, 15) is 0 Å². The van der Waals surface area contributed by atoms with Crippen molar-refractivity contribution in [3.8, 4) is 0 Å². The van der Waals surface area contributed by atoms with Gasteiger partial charge in [0.1, 0.15) is 0 Å². The maximum atomic E-state index is 6.20. The summed E-state index contributed by atoms with van der Waals surface area (Å²) >= 11 is 0. The largest absolute Gasteiger partial charge is 0.379 e. The van der Waals surface area contributed by atoms with Crippen LogP contribution in [0.25, 0.3) is 0 Å². The van der Waals surface area contributed by atoms with Gasteiger partial charge < -0.3 is 15.0 Å². The molecule has 0 spiro atoms. The van der Waals surface area contributed by atoms with E-state index in [1.807, 2.05) is 0 Å². The lowest BCUT2D eigenvalue weighted by Gasteiger charge is -2.34. The van der Waals surface area contributed by atoms with Crippen molar-refractivity contribution >= 4 is 0 Å². The van der Waals surface area contributed by atoms with Gasteiger partial charge in [-0.2, -0.15) is 4.98 Å². The molecule has 6 nitrogen and oxygen atoms in total. The number of hydrogen-bond donors (Lipinski definition) is 1. The quantitative estimate of drug-likeness (QED) is 0.857. The first kappa shape index (κ1) is 12.1. The van der Waals surface area contributed by atoms with Crippen LogP contribution < -0.4 is 5.73 Å². The van der Waals surface area contributed by atoms with Crippen LogP contribution in [-0.4, -0.2) is 41.3 Å². The van der Waals surface area contributed by atoms with E-state index >= 15 is 0 Å². The monoisotopic (exact) mass is 252 g/mol. The van der Waals surface area contributed by atoms with E-state index in [1.54, 1.807) is 0 Å². The van der Waals surface area contributed by atoms with Crippen LogP contribution in [-0.2, 0) is 10.3 Å². The predicted molar refractivity (Wildman–Crippen MR) is 64.8 cm³/mol. The summed E-state index contributed by atoms with van der Waals surface area (Å²) in [5, 5.41) is 4.06. The lowest BCUT2D eigenvalue weighted by molar-refractivity contribution is 0.0134. The summed E-state index contributed by atoms with van der Waals surface area (Å²) in [6, 6.07) is 0.138. The molecule has 0 aromatic carbocycles. The van der Waals surface area contributed by atoms with Gasteiger partial charge in [0.15, 0.2) is 5.82 Å². The Morgan fingerprint density at radius 1 is 1.33 bits per heavy atom. The van der Waals surface area contributed by atoms with E-state index in [1.165, 1.54) is 0 Å². The number of nitrogens with two attached hydrogens (primary N) is 1. The molecule has 0 amide bonds. The van der Waals surface area contributed by atoms with Crippen LogP contribution >= 0.6 is 0 Å². The summed E-state index contributed by atoms with van der Waals surface area (Å²) in [5.41, 5.74) is 5.86. The highest BCUT2D eigenvalue weighted by molar-refractivity contribution is 5.09. The third-order valence-electron chi connectivity index (χ3n) is 4.08. The SMILES string of the molecule is CC(c1nc(C2(N)CCC2)no1)N1CCOCC1. The second kappa shape index (κ2) is 4.60. The van der Waals surface area contributed by atoms with Crippen molar-refractivity contribution in [2.24, 2.45) is 5.73 Å². The second-order valence-electron chi connectivity index (χ2n) is 5.29. The van der Waals surface area contributed by atoms with E-state index in [0.717, 1.165) is 45.6 Å². The van der Waals surface area contributed by atoms with Gasteiger partial charge in [-0.15, -0.1) is 0 Å². The van der Waals surface area contributed by atoms with Crippen LogP contribution in [0, 0.1) is 0 Å². The fourth-order valence-electron chi connectivity index (χ4n) is 2.51. The fourth-order valence-corrected chi connectivity index (χ4v) is 2.51. The molecule has 1 aromatic rings. The standard InChI is InChI=1S/C12H20N4O2/c1-9(16-5-7-17-8-6-16)10-14-11(15-18-10)12(13)3-2-4-12/h9H,2-8,13H2,1H3. The van der Waals surface area contributed by atoms with Crippen molar-refractivity contribution in [3.63, 3.8) is 0 Å². The molecule has 1 saturated heterocycles. The Labute approximate surface area is 106 Å². The van der Waals surface area contributed by atoms with Crippen molar-refractivity contribution in [3.05, 3.63) is 11.7 Å². The Morgan fingerprint density at radius 3 is 2.67 bits per heavy atom. The first-order chi connectivity index (χ1) is 8.69. The van der Waals surface area contributed by atoms with E-state index in [-0.39, 0.29) is 11.6 Å². The molecular formula is C12H20N4O2. The lowest BCUT2D eigenvalue weighted by Crippen LogP contribution is -2.44. The van der Waals surface area contributed by atoms with Gasteiger partial charge in [-0.1, -0.05) is 5.16 Å². The Kier molecular flexibility index (Phi) is 3.09. The number of aromatic nitrogens is 2. The molecule has 3 rings (SSSR count). The third kappa shape index (κ3) is 2.04. The highest BCUT2D eigenvalue weighted by atomic mass is 16.5. The number of hydrogen-bond acceptors (Lipinski definition) is 6. The molecule has 2 aliphatic rings. The van der Waals surface area contributed by atoms with Gasteiger partial charge in [0.2, 0.25) is 5.89 Å². The summed E-state index contributed by atoms with van der Waals surface area (Å²) in [6.07, 6.45) is 3.06. The molecule has 2 fully saturated rings. The van der Waals surface area contributed by atoms with E-state index in [0.29, 0.717) is 11.7 Å². The molecule has 1 unspecified atom stereocenters. The Morgan fingerprint density at radius 2 is 2.06 bits per heavy atom. The minimum absolute atomic E-state index is 0.138. The Hall–Kier alpha value is -0.980. The minimum Gasteiger partial charge on any atom is -0.379 e. The van der Waals surface area contributed by atoms with Crippen LogP contribution in [0.5, 0.6) is 0 Å². The zero-order valence-electron chi connectivity index (χ0n) is 10.8. The molecular weight excluding hydrogens is 232 g/mol. The average molecular weight is 252 g/mol. The van der Waals surface area contributed by atoms with Gasteiger partial charge in [0.05, 0.1) is 24.8 Å². The highest BCUT2D eigenvalue weighted by Gasteiger charge is 2.39. The molecule has 1 atom stereocenters. The molecule has 1 aliphatic heterocycles. The Balaban J connectivity index is 1.72. The lowest BCUT2D eigenvalue weighted by atomic mass is 9.77. The van der Waals surface area contributed by atoms with E-state index < -0.39 is 0 Å². The van der Waals surface area contributed by atoms with E-state index in [2.05, 4.69) is 22.0 Å². The van der Waals surface area contributed by atoms with Crippen molar-refractivity contribution in [1.82, 2.24) is 15.0 Å². The van der Waals surface area contributed by atoms with Crippen LogP contribution in [0.2, 0.25) is 0 Å². The summed E-state index contributed by atoms with van der Waals surface area (Å²) in [5.74, 6) is 1.34. The van der Waals surface area contributed by atoms with Crippen molar-refractivity contribution in [2.75, 3.05) is 26.3 Å². The number of rotatable bonds is 3. The van der Waals surface area contributed by atoms with Crippen LogP contribution in [0.1, 0.15) is 43.9 Å². The highest BCUT2D eigenvalue weighted by Crippen LogP contribution is 2.37. The first-order valence-electron chi connectivity index (χ1n) is 6.64. The van der Waals surface area contributed by atoms with Gasteiger partial charge in [-0.05, 0) is 26.2 Å². The summed E-state index contributed by atoms with van der Waals surface area (Å²) < 4.78 is 10.7. The second-order valence-corrected chi connectivity index (χ2v) is 5.29. The molecule has 0 radical (unpaired) electrons. The maximum Gasteiger partial charge on any atom is 0.243 e. The number of nitrogens with zero attached hydrogens (tertiary/aromatic N) is 3. The zero-order chi connectivity index (χ0) is 12.6. The molecule has 2 N–H and O–H groups in total. The molecule has 1 aromatic heterocycles. The predicted octanol–water partition coefficient (Wildman–Crippen LogP) is 0.801. The van der Waals surface area contributed by atoms with Crippen LogP contribution in [0.15, 0.2) is 4.52 Å². The zero-order valence-corrected chi connectivity index (χ0v) is 10.8. The van der Waals surface area contributed by atoms with Crippen LogP contribution in [0.3, 0.4) is 0 Å². The van der Waals surface area contributed by atoms with E-state index in [4.69, 9.17) is 15.0 Å². The van der Waals surface area contributed by atoms with Crippen molar-refractivity contribution in [2.45, 2.75) is 37.8 Å². The van der Waals surface area contributed by atoms with Gasteiger partial charge in [-0.3, -0.25) is 4.90 Å². The summed E-state index contributed by atoms with van der Waals surface area (Å²) in [7, 11) is 0. The molecule has 1 saturated carbocycles. The fraction of sp³-hybridized carbons (Fsp3) is 0.833. The van der Waals surface area contributed by atoms with Gasteiger partial charge >= 0.3 is 0 Å². The Bertz CT molecular complexity index is 410. The number of morpholine rings is 1. The molecule has 18 heavy (non-hydrogen) atoms. The van der Waals surface area contributed by atoms with Crippen molar-refractivity contribution in [1.29, 1.82) is 0 Å². The summed E-state index contributed by atoms with van der Waals surface area (Å²) in [4.78, 5) is 6.79. The molecule has 6 heteroatoms. The van der Waals surface area contributed by atoms with Crippen LogP contribution in [0.4, 0.5) is 0 Å². The minimum atomic E-state index is -0.341. The topological polar surface area (TPSA) is 77.4 Å². The molecule has 100 valence electrons. The third-order valence-corrected chi connectivity index (χ3v) is 4.08. The van der Waals surface area contributed by atoms with Crippen molar-refractivity contribution < 1.29 is 9.26 Å². The molecule has 0 bridgehead atoms. The van der Waals surface area contributed by atoms with Gasteiger partial charge in [0.25, 0.3) is 0 Å². The average Bonchev–Trinajstić information content (AvgIpc) is 2.86. The van der Waals surface area contributed by atoms with Gasteiger partial charge in [0, 0.05) is 13.1 Å². The smallest absolute Gasteiger partial charge is 0.243 e. The normalized spacial score (nSPS) is 25.7. The molecule has 1 aliphatic carbocycles. The van der Waals surface area contributed by atoms with Gasteiger partial charge in [-0.25, -0.2) is 0 Å². The number of ether oxygens (including phenoxy) is 1. The summed E-state index contributed by atoms with van der Waals surface area (Å²) in [6.45, 7) is 5.45. The first-order valence-corrected chi connectivity index (χ1v) is 6.64. The maximum absolute atomic E-state index is 6.20. The molecule has 2 heterocycles.